The molecule has 0 bridgehead atoms. The molecule has 1 amide bonds. The van der Waals surface area contributed by atoms with Crippen molar-refractivity contribution >= 4 is 17.5 Å². The Labute approximate surface area is 152 Å². The van der Waals surface area contributed by atoms with Gasteiger partial charge >= 0.3 is 0 Å². The van der Waals surface area contributed by atoms with Crippen LogP contribution in [-0.2, 0) is 0 Å². The predicted octanol–water partition coefficient (Wildman–Crippen LogP) is 4.87. The Bertz CT molecular complexity index is 893. The SMILES string of the molecule is Cc1ccc(C)c(C(NC(=O)c2ccccc2Cl)c2cccnc2)c1. The van der Waals surface area contributed by atoms with Crippen LogP contribution in [-0.4, -0.2) is 10.9 Å². The zero-order chi connectivity index (χ0) is 17.8. The van der Waals surface area contributed by atoms with E-state index < -0.39 is 0 Å². The van der Waals surface area contributed by atoms with E-state index >= 15 is 0 Å². The van der Waals surface area contributed by atoms with E-state index in [-0.39, 0.29) is 11.9 Å². The number of amides is 1. The first kappa shape index (κ1) is 17.2. The summed E-state index contributed by atoms with van der Waals surface area (Å²) in [5, 5.41) is 3.55. The number of hydrogen-bond acceptors (Lipinski definition) is 2. The number of nitrogens with one attached hydrogen (secondary N) is 1. The van der Waals surface area contributed by atoms with Crippen LogP contribution < -0.4 is 5.32 Å². The standard InChI is InChI=1S/C21H19ClN2O/c1-14-9-10-15(2)18(12-14)20(16-6-5-11-23-13-16)24-21(25)17-7-3-4-8-19(17)22/h3-13,20H,1-2H3,(H,24,25). The molecule has 3 nitrogen and oxygen atoms in total. The molecule has 4 heteroatoms. The van der Waals surface area contributed by atoms with Crippen LogP contribution >= 0.6 is 11.6 Å². The lowest BCUT2D eigenvalue weighted by Crippen LogP contribution is -2.30. The first-order valence-corrected chi connectivity index (χ1v) is 8.46. The Kier molecular flexibility index (Phi) is 5.15. The molecule has 1 unspecified atom stereocenters. The van der Waals surface area contributed by atoms with Crippen molar-refractivity contribution in [1.82, 2.24) is 10.3 Å². The van der Waals surface area contributed by atoms with Gasteiger partial charge in [0.25, 0.3) is 5.91 Å². The maximum absolute atomic E-state index is 12.8. The van der Waals surface area contributed by atoms with Gasteiger partial charge in [0.05, 0.1) is 16.6 Å². The van der Waals surface area contributed by atoms with E-state index in [1.165, 1.54) is 0 Å². The Hall–Kier alpha value is -2.65. The van der Waals surface area contributed by atoms with Crippen LogP contribution in [0.25, 0.3) is 0 Å². The van der Waals surface area contributed by atoms with Gasteiger partial charge in [-0.05, 0) is 48.7 Å². The van der Waals surface area contributed by atoms with Gasteiger partial charge in [-0.3, -0.25) is 9.78 Å². The summed E-state index contributed by atoms with van der Waals surface area (Å²) in [4.78, 5) is 17.0. The lowest BCUT2D eigenvalue weighted by atomic mass is 9.94. The summed E-state index contributed by atoms with van der Waals surface area (Å²) in [6.45, 7) is 4.08. The number of rotatable bonds is 4. The molecule has 0 aliphatic carbocycles. The number of hydrogen-bond donors (Lipinski definition) is 1. The number of benzene rings is 2. The number of nitrogens with zero attached hydrogens (tertiary/aromatic N) is 1. The number of aromatic nitrogens is 1. The first-order chi connectivity index (χ1) is 12.1. The Morgan fingerprint density at radius 3 is 2.60 bits per heavy atom. The van der Waals surface area contributed by atoms with Gasteiger partial charge < -0.3 is 5.32 Å². The lowest BCUT2D eigenvalue weighted by molar-refractivity contribution is 0.0943. The van der Waals surface area contributed by atoms with Crippen LogP contribution in [0.4, 0.5) is 0 Å². The molecule has 0 saturated carbocycles. The summed E-state index contributed by atoms with van der Waals surface area (Å²) in [7, 11) is 0. The highest BCUT2D eigenvalue weighted by molar-refractivity contribution is 6.33. The maximum atomic E-state index is 12.8. The van der Waals surface area contributed by atoms with E-state index in [1.54, 1.807) is 30.6 Å². The average Bonchev–Trinajstić information content (AvgIpc) is 2.63. The fourth-order valence-electron chi connectivity index (χ4n) is 2.81. The molecule has 0 fully saturated rings. The molecule has 25 heavy (non-hydrogen) atoms. The normalized spacial score (nSPS) is 11.8. The third kappa shape index (κ3) is 3.89. The second kappa shape index (κ2) is 7.49. The van der Waals surface area contributed by atoms with Gasteiger partial charge in [-0.25, -0.2) is 0 Å². The maximum Gasteiger partial charge on any atom is 0.253 e. The number of halogens is 1. The van der Waals surface area contributed by atoms with Crippen LogP contribution in [0.3, 0.4) is 0 Å². The van der Waals surface area contributed by atoms with Crippen molar-refractivity contribution in [2.75, 3.05) is 0 Å². The Balaban J connectivity index is 2.02. The third-order valence-corrected chi connectivity index (χ3v) is 4.49. The van der Waals surface area contributed by atoms with Crippen molar-refractivity contribution in [2.24, 2.45) is 0 Å². The van der Waals surface area contributed by atoms with E-state index in [0.717, 1.165) is 22.3 Å². The zero-order valence-corrected chi connectivity index (χ0v) is 14.9. The summed E-state index contributed by atoms with van der Waals surface area (Å²) in [6.07, 6.45) is 3.50. The molecule has 3 rings (SSSR count). The van der Waals surface area contributed by atoms with Gasteiger partial charge in [0.1, 0.15) is 0 Å². The van der Waals surface area contributed by atoms with Crippen molar-refractivity contribution in [1.29, 1.82) is 0 Å². The molecular weight excluding hydrogens is 332 g/mol. The summed E-state index contributed by atoms with van der Waals surface area (Å²) in [6, 6.07) is 16.8. The summed E-state index contributed by atoms with van der Waals surface area (Å²) < 4.78 is 0. The molecule has 126 valence electrons. The highest BCUT2D eigenvalue weighted by atomic mass is 35.5. The number of aryl methyl sites for hydroxylation is 2. The van der Waals surface area contributed by atoms with Crippen LogP contribution in [0.2, 0.25) is 5.02 Å². The van der Waals surface area contributed by atoms with Crippen molar-refractivity contribution in [3.05, 3.63) is 99.8 Å². The van der Waals surface area contributed by atoms with E-state index in [2.05, 4.69) is 28.5 Å². The van der Waals surface area contributed by atoms with Crippen LogP contribution in [0.1, 0.15) is 38.7 Å². The minimum absolute atomic E-state index is 0.208. The van der Waals surface area contributed by atoms with Crippen molar-refractivity contribution in [2.45, 2.75) is 19.9 Å². The fourth-order valence-corrected chi connectivity index (χ4v) is 3.03. The molecule has 0 radical (unpaired) electrons. The molecule has 2 aromatic carbocycles. The molecule has 0 saturated heterocycles. The summed E-state index contributed by atoms with van der Waals surface area (Å²) in [5.41, 5.74) is 4.69. The van der Waals surface area contributed by atoms with E-state index in [0.29, 0.717) is 10.6 Å². The Morgan fingerprint density at radius 1 is 1.08 bits per heavy atom. The minimum Gasteiger partial charge on any atom is -0.341 e. The van der Waals surface area contributed by atoms with Crippen molar-refractivity contribution in [3.8, 4) is 0 Å². The predicted molar refractivity (Wildman–Crippen MR) is 101 cm³/mol. The summed E-state index contributed by atoms with van der Waals surface area (Å²) >= 11 is 6.18. The van der Waals surface area contributed by atoms with Crippen molar-refractivity contribution < 1.29 is 4.79 Å². The largest absolute Gasteiger partial charge is 0.341 e. The number of carbonyl (C=O) groups is 1. The number of carbonyl (C=O) groups excluding carboxylic acids is 1. The molecule has 1 aromatic heterocycles. The van der Waals surface area contributed by atoms with E-state index in [9.17, 15) is 4.79 Å². The van der Waals surface area contributed by atoms with Gasteiger partial charge in [-0.2, -0.15) is 0 Å². The van der Waals surface area contributed by atoms with Gasteiger partial charge in [-0.1, -0.05) is 53.6 Å². The molecule has 1 atom stereocenters. The third-order valence-electron chi connectivity index (χ3n) is 4.16. The monoisotopic (exact) mass is 350 g/mol. The molecule has 0 aliphatic rings. The molecule has 1 N–H and O–H groups in total. The first-order valence-electron chi connectivity index (χ1n) is 8.08. The lowest BCUT2D eigenvalue weighted by Gasteiger charge is -2.22. The zero-order valence-electron chi connectivity index (χ0n) is 14.2. The van der Waals surface area contributed by atoms with Crippen LogP contribution in [0.5, 0.6) is 0 Å². The highest BCUT2D eigenvalue weighted by Crippen LogP contribution is 2.26. The minimum atomic E-state index is -0.294. The van der Waals surface area contributed by atoms with Gasteiger partial charge in [0.15, 0.2) is 0 Å². The number of pyridine rings is 1. The topological polar surface area (TPSA) is 42.0 Å². The van der Waals surface area contributed by atoms with Crippen LogP contribution in [0.15, 0.2) is 67.0 Å². The van der Waals surface area contributed by atoms with Gasteiger partial charge in [0, 0.05) is 12.4 Å². The van der Waals surface area contributed by atoms with Crippen molar-refractivity contribution in [3.63, 3.8) is 0 Å². The quantitative estimate of drug-likeness (QED) is 0.729. The smallest absolute Gasteiger partial charge is 0.253 e. The second-order valence-electron chi connectivity index (χ2n) is 6.03. The fraction of sp³-hybridized carbons (Fsp3) is 0.143. The van der Waals surface area contributed by atoms with Crippen LogP contribution in [0, 0.1) is 13.8 Å². The molecule has 0 spiro atoms. The molecule has 0 aliphatic heterocycles. The molecular formula is C21H19ClN2O. The van der Waals surface area contributed by atoms with E-state index in [4.69, 9.17) is 11.6 Å². The average molecular weight is 351 g/mol. The second-order valence-corrected chi connectivity index (χ2v) is 6.44. The Morgan fingerprint density at radius 2 is 1.88 bits per heavy atom. The molecule has 1 heterocycles. The highest BCUT2D eigenvalue weighted by Gasteiger charge is 2.21. The van der Waals surface area contributed by atoms with E-state index in [1.807, 2.05) is 32.0 Å². The van der Waals surface area contributed by atoms with Gasteiger partial charge in [-0.15, -0.1) is 0 Å². The van der Waals surface area contributed by atoms with Gasteiger partial charge in [0.2, 0.25) is 0 Å². The summed E-state index contributed by atoms with van der Waals surface area (Å²) in [5.74, 6) is -0.208. The molecule has 3 aromatic rings.